The van der Waals surface area contributed by atoms with Crippen LogP contribution in [-0.4, -0.2) is 30.1 Å². The Morgan fingerprint density at radius 3 is 2.79 bits per heavy atom. The predicted octanol–water partition coefficient (Wildman–Crippen LogP) is 3.65. The lowest BCUT2D eigenvalue weighted by Gasteiger charge is -2.24. The average molecular weight is 322 g/mol. The van der Waals surface area contributed by atoms with Crippen LogP contribution in [0.1, 0.15) is 23.4 Å². The lowest BCUT2D eigenvalue weighted by Crippen LogP contribution is -2.37. The van der Waals surface area contributed by atoms with Crippen LogP contribution >= 0.6 is 0 Å². The predicted molar refractivity (Wildman–Crippen MR) is 91.1 cm³/mol. The molecule has 1 saturated heterocycles. The van der Waals surface area contributed by atoms with Gasteiger partial charge in [-0.1, -0.05) is 18.2 Å². The van der Waals surface area contributed by atoms with E-state index in [0.717, 1.165) is 30.5 Å². The minimum Gasteiger partial charge on any atom is -0.451 e. The van der Waals surface area contributed by atoms with Crippen LogP contribution in [0.3, 0.4) is 0 Å². The van der Waals surface area contributed by atoms with E-state index in [1.165, 1.54) is 0 Å². The van der Waals surface area contributed by atoms with Gasteiger partial charge in [-0.2, -0.15) is 0 Å². The van der Waals surface area contributed by atoms with Crippen molar-refractivity contribution in [2.45, 2.75) is 18.9 Å². The number of para-hydroxylation sites is 1. The number of pyridine rings is 1. The highest BCUT2D eigenvalue weighted by molar-refractivity contribution is 6.06. The maximum atomic E-state index is 13.1. The second-order valence-corrected chi connectivity index (χ2v) is 5.90. The zero-order valence-corrected chi connectivity index (χ0v) is 13.2. The average Bonchev–Trinajstić information content (AvgIpc) is 3.29. The van der Waals surface area contributed by atoms with E-state index in [2.05, 4.69) is 4.98 Å². The van der Waals surface area contributed by atoms with Crippen LogP contribution in [0.4, 0.5) is 5.69 Å². The summed E-state index contributed by atoms with van der Waals surface area (Å²) < 4.78 is 11.5. The van der Waals surface area contributed by atoms with Gasteiger partial charge in [0.05, 0.1) is 12.6 Å². The number of hydrogen-bond donors (Lipinski definition) is 0. The molecule has 0 spiro atoms. The maximum Gasteiger partial charge on any atom is 0.294 e. The molecule has 3 heterocycles. The molecule has 5 nitrogen and oxygen atoms in total. The Morgan fingerprint density at radius 1 is 1.21 bits per heavy atom. The number of ether oxygens (including phenoxy) is 1. The number of aromatic nitrogens is 1. The normalized spacial score (nSPS) is 17.2. The van der Waals surface area contributed by atoms with Crippen molar-refractivity contribution in [1.29, 1.82) is 0 Å². The lowest BCUT2D eigenvalue weighted by atomic mass is 10.2. The molecule has 2 aromatic heterocycles. The van der Waals surface area contributed by atoms with Gasteiger partial charge in [0.25, 0.3) is 5.91 Å². The molecule has 1 aliphatic heterocycles. The van der Waals surface area contributed by atoms with Gasteiger partial charge in [0.2, 0.25) is 0 Å². The molecule has 4 rings (SSSR count). The van der Waals surface area contributed by atoms with Crippen molar-refractivity contribution in [2.75, 3.05) is 18.1 Å². The topological polar surface area (TPSA) is 55.6 Å². The molecule has 5 heteroatoms. The number of furan rings is 1. The number of carbonyl (C=O) groups excluding carboxylic acids is 1. The van der Waals surface area contributed by atoms with Crippen LogP contribution in [0.5, 0.6) is 0 Å². The molecule has 0 aliphatic carbocycles. The van der Waals surface area contributed by atoms with Crippen molar-refractivity contribution < 1.29 is 13.9 Å². The van der Waals surface area contributed by atoms with E-state index in [1.54, 1.807) is 23.4 Å². The lowest BCUT2D eigenvalue weighted by molar-refractivity contribution is 0.0896. The van der Waals surface area contributed by atoms with Gasteiger partial charge in [-0.25, -0.2) is 0 Å². The summed E-state index contributed by atoms with van der Waals surface area (Å²) in [6.45, 7) is 1.27. The summed E-state index contributed by atoms with van der Waals surface area (Å²) >= 11 is 0. The first-order chi connectivity index (χ1) is 11.8. The second-order valence-electron chi connectivity index (χ2n) is 5.90. The van der Waals surface area contributed by atoms with Crippen LogP contribution in [-0.2, 0) is 4.74 Å². The minimum absolute atomic E-state index is 0.0616. The fourth-order valence-corrected chi connectivity index (χ4v) is 3.04. The number of carbonyl (C=O) groups is 1. The molecule has 0 radical (unpaired) electrons. The summed E-state index contributed by atoms with van der Waals surface area (Å²) in [7, 11) is 0. The van der Waals surface area contributed by atoms with Crippen LogP contribution < -0.4 is 4.90 Å². The minimum atomic E-state index is -0.159. The van der Waals surface area contributed by atoms with E-state index in [9.17, 15) is 4.79 Å². The van der Waals surface area contributed by atoms with Crippen molar-refractivity contribution >= 4 is 22.6 Å². The summed E-state index contributed by atoms with van der Waals surface area (Å²) in [4.78, 5) is 18.8. The summed E-state index contributed by atoms with van der Waals surface area (Å²) in [5, 5.41) is 0.924. The summed E-state index contributed by atoms with van der Waals surface area (Å²) in [6, 6.07) is 13.1. The first-order valence-electron chi connectivity index (χ1n) is 8.13. The van der Waals surface area contributed by atoms with Crippen molar-refractivity contribution in [1.82, 2.24) is 4.98 Å². The first kappa shape index (κ1) is 14.9. The highest BCUT2D eigenvalue weighted by Gasteiger charge is 2.26. The second kappa shape index (κ2) is 6.45. The molecule has 0 unspecified atom stereocenters. The Morgan fingerprint density at radius 2 is 2.04 bits per heavy atom. The Bertz CT molecular complexity index is 805. The number of rotatable bonds is 4. The van der Waals surface area contributed by atoms with Crippen molar-refractivity contribution in [3.05, 3.63) is 60.6 Å². The van der Waals surface area contributed by atoms with Crippen LogP contribution in [0, 0.1) is 0 Å². The number of fused-ring (bicyclic) bond motifs is 1. The molecule has 0 bridgehead atoms. The maximum absolute atomic E-state index is 13.1. The number of nitrogens with zero attached hydrogens (tertiary/aromatic N) is 2. The molecular weight excluding hydrogens is 304 g/mol. The van der Waals surface area contributed by atoms with E-state index < -0.39 is 0 Å². The van der Waals surface area contributed by atoms with Crippen molar-refractivity contribution in [3.63, 3.8) is 0 Å². The van der Waals surface area contributed by atoms with Crippen molar-refractivity contribution in [3.8, 4) is 0 Å². The summed E-state index contributed by atoms with van der Waals surface area (Å²) in [5.41, 5.74) is 1.51. The Hall–Kier alpha value is -2.66. The summed E-state index contributed by atoms with van der Waals surface area (Å²) in [6.07, 6.45) is 5.43. The molecule has 0 N–H and O–H groups in total. The van der Waals surface area contributed by atoms with Gasteiger partial charge >= 0.3 is 0 Å². The zero-order valence-electron chi connectivity index (χ0n) is 13.2. The largest absolute Gasteiger partial charge is 0.451 e. The smallest absolute Gasteiger partial charge is 0.294 e. The van der Waals surface area contributed by atoms with E-state index >= 15 is 0 Å². The number of benzene rings is 1. The third-order valence-corrected chi connectivity index (χ3v) is 4.27. The van der Waals surface area contributed by atoms with Gasteiger partial charge in [-0.3, -0.25) is 9.78 Å². The molecule has 24 heavy (non-hydrogen) atoms. The monoisotopic (exact) mass is 322 g/mol. The number of hydrogen-bond acceptors (Lipinski definition) is 4. The summed E-state index contributed by atoms with van der Waals surface area (Å²) in [5.74, 6) is 0.180. The van der Waals surface area contributed by atoms with Gasteiger partial charge < -0.3 is 14.1 Å². The van der Waals surface area contributed by atoms with E-state index in [0.29, 0.717) is 17.9 Å². The molecule has 3 aromatic rings. The number of amides is 1. The van der Waals surface area contributed by atoms with Crippen molar-refractivity contribution in [2.24, 2.45) is 0 Å². The fourth-order valence-electron chi connectivity index (χ4n) is 3.04. The van der Waals surface area contributed by atoms with Gasteiger partial charge in [0, 0.05) is 30.1 Å². The fraction of sp³-hybridized carbons (Fsp3) is 0.263. The molecule has 1 amide bonds. The molecule has 1 fully saturated rings. The molecule has 1 atom stereocenters. The number of anilines is 1. The highest BCUT2D eigenvalue weighted by Crippen LogP contribution is 2.24. The van der Waals surface area contributed by atoms with Gasteiger partial charge in [0.1, 0.15) is 5.58 Å². The molecule has 0 saturated carbocycles. The third-order valence-electron chi connectivity index (χ3n) is 4.27. The molecular formula is C19H18N2O3. The Balaban J connectivity index is 1.67. The van der Waals surface area contributed by atoms with Crippen LogP contribution in [0.2, 0.25) is 0 Å². The van der Waals surface area contributed by atoms with Gasteiger partial charge in [-0.15, -0.1) is 0 Å². The standard InChI is InChI=1S/C19H18N2O3/c22-19(18-12-14-4-1-2-6-17(14)24-18)21(13-16-5-3-11-23-16)15-7-9-20-10-8-15/h1-2,4,6-10,12,16H,3,5,11,13H2/t16-/m0/s1. The van der Waals surface area contributed by atoms with E-state index in [4.69, 9.17) is 9.15 Å². The SMILES string of the molecule is O=C(c1cc2ccccc2o1)N(C[C@@H]1CCCO1)c1ccncc1. The third kappa shape index (κ3) is 2.90. The van der Waals surface area contributed by atoms with E-state index in [1.807, 2.05) is 36.4 Å². The van der Waals surface area contributed by atoms with Crippen LogP contribution in [0.25, 0.3) is 11.0 Å². The Labute approximate surface area is 139 Å². The highest BCUT2D eigenvalue weighted by atomic mass is 16.5. The zero-order chi connectivity index (χ0) is 16.4. The molecule has 1 aromatic carbocycles. The Kier molecular flexibility index (Phi) is 4.01. The molecule has 122 valence electrons. The van der Waals surface area contributed by atoms with Gasteiger partial charge in [-0.05, 0) is 37.1 Å². The molecule has 1 aliphatic rings. The quantitative estimate of drug-likeness (QED) is 0.735. The van der Waals surface area contributed by atoms with Crippen LogP contribution in [0.15, 0.2) is 59.3 Å². The first-order valence-corrected chi connectivity index (χ1v) is 8.13. The van der Waals surface area contributed by atoms with Gasteiger partial charge in [0.15, 0.2) is 5.76 Å². The van der Waals surface area contributed by atoms with E-state index in [-0.39, 0.29) is 12.0 Å².